The van der Waals surface area contributed by atoms with Crippen LogP contribution < -0.4 is 0 Å². The molecule has 0 saturated carbocycles. The van der Waals surface area contributed by atoms with Gasteiger partial charge in [0.25, 0.3) is 0 Å². The van der Waals surface area contributed by atoms with Gasteiger partial charge in [0, 0.05) is 44.7 Å². The fraction of sp³-hybridized carbons (Fsp3) is 0.529. The zero-order valence-corrected chi connectivity index (χ0v) is 12.2. The number of unbranched alkanes of at least 4 members (excludes halogenated alkanes) is 1. The lowest BCUT2D eigenvalue weighted by Gasteiger charge is -2.32. The Labute approximate surface area is 117 Å². The fourth-order valence-electron chi connectivity index (χ4n) is 2.30. The van der Waals surface area contributed by atoms with Gasteiger partial charge < -0.3 is 4.90 Å². The average Bonchev–Trinajstić information content (AvgIpc) is 2.42. The smallest absolute Gasteiger partial charge is 0.0248 e. The van der Waals surface area contributed by atoms with E-state index in [-0.39, 0.29) is 0 Å². The van der Waals surface area contributed by atoms with Gasteiger partial charge in [-0.25, -0.2) is 0 Å². The zero-order chi connectivity index (χ0) is 13.5. The van der Waals surface area contributed by atoms with Crippen LogP contribution in [-0.4, -0.2) is 43.0 Å². The molecule has 2 nitrogen and oxygen atoms in total. The van der Waals surface area contributed by atoms with Crippen LogP contribution in [-0.2, 0) is 6.54 Å². The van der Waals surface area contributed by atoms with Crippen LogP contribution in [0.15, 0.2) is 24.3 Å². The number of piperazine rings is 1. The first-order chi connectivity index (χ1) is 9.28. The summed E-state index contributed by atoms with van der Waals surface area (Å²) in [7, 11) is 2.20. The second-order valence-electron chi connectivity index (χ2n) is 5.33. The van der Waals surface area contributed by atoms with Crippen molar-refractivity contribution in [3.63, 3.8) is 0 Å². The van der Waals surface area contributed by atoms with Crippen molar-refractivity contribution in [2.24, 2.45) is 0 Å². The van der Waals surface area contributed by atoms with Crippen molar-refractivity contribution in [2.45, 2.75) is 26.3 Å². The molecule has 0 unspecified atom stereocenters. The summed E-state index contributed by atoms with van der Waals surface area (Å²) < 4.78 is 0. The molecule has 1 aromatic carbocycles. The van der Waals surface area contributed by atoms with E-state index in [1.54, 1.807) is 0 Å². The van der Waals surface area contributed by atoms with Gasteiger partial charge in [0.2, 0.25) is 0 Å². The molecule has 102 valence electrons. The van der Waals surface area contributed by atoms with E-state index in [9.17, 15) is 0 Å². The highest BCUT2D eigenvalue weighted by Crippen LogP contribution is 2.09. The highest BCUT2D eigenvalue weighted by Gasteiger charge is 2.13. The van der Waals surface area contributed by atoms with Crippen LogP contribution in [0, 0.1) is 11.8 Å². The lowest BCUT2D eigenvalue weighted by Crippen LogP contribution is -2.43. The summed E-state index contributed by atoms with van der Waals surface area (Å²) in [6, 6.07) is 8.68. The highest BCUT2D eigenvalue weighted by molar-refractivity contribution is 5.37. The predicted octanol–water partition coefficient (Wildman–Crippen LogP) is 2.59. The minimum Gasteiger partial charge on any atom is -0.304 e. The molecule has 1 heterocycles. The quantitative estimate of drug-likeness (QED) is 0.767. The van der Waals surface area contributed by atoms with Crippen molar-refractivity contribution in [3.8, 4) is 11.8 Å². The number of benzene rings is 1. The van der Waals surface area contributed by atoms with Gasteiger partial charge in [-0.3, -0.25) is 4.90 Å². The Hall–Kier alpha value is -1.30. The molecule has 1 saturated heterocycles. The first-order valence-electron chi connectivity index (χ1n) is 7.26. The maximum atomic E-state index is 3.25. The summed E-state index contributed by atoms with van der Waals surface area (Å²) >= 11 is 0. The standard InChI is InChI=1S/C17H24N2/c1-3-4-5-7-16-8-6-9-17(14-16)15-19-12-10-18(2)11-13-19/h6,8-9,14H,3-4,10-13,15H2,1-2H3. The first-order valence-corrected chi connectivity index (χ1v) is 7.26. The Balaban J connectivity index is 1.94. The summed E-state index contributed by atoms with van der Waals surface area (Å²) in [4.78, 5) is 4.92. The van der Waals surface area contributed by atoms with Crippen LogP contribution in [0.3, 0.4) is 0 Å². The van der Waals surface area contributed by atoms with Crippen molar-refractivity contribution in [2.75, 3.05) is 33.2 Å². The summed E-state index contributed by atoms with van der Waals surface area (Å²) in [6.45, 7) is 7.91. The molecule has 0 aliphatic carbocycles. The van der Waals surface area contributed by atoms with Gasteiger partial charge in [0.05, 0.1) is 0 Å². The molecule has 2 rings (SSSR count). The van der Waals surface area contributed by atoms with Gasteiger partial charge >= 0.3 is 0 Å². The SMILES string of the molecule is CCCC#Cc1cccc(CN2CCN(C)CC2)c1. The maximum absolute atomic E-state index is 3.25. The van der Waals surface area contributed by atoms with Crippen LogP contribution >= 0.6 is 0 Å². The maximum Gasteiger partial charge on any atom is 0.0248 e. The first kappa shape index (κ1) is 14.1. The Morgan fingerprint density at radius 1 is 1.16 bits per heavy atom. The lowest BCUT2D eigenvalue weighted by molar-refractivity contribution is 0.148. The molecule has 1 fully saturated rings. The molecule has 19 heavy (non-hydrogen) atoms. The predicted molar refractivity (Wildman–Crippen MR) is 81.0 cm³/mol. The molecule has 1 aliphatic heterocycles. The molecule has 2 heteroatoms. The van der Waals surface area contributed by atoms with Gasteiger partial charge in [-0.15, -0.1) is 0 Å². The molecular weight excluding hydrogens is 232 g/mol. The number of likely N-dealkylation sites (N-methyl/N-ethyl adjacent to an activating group) is 1. The lowest BCUT2D eigenvalue weighted by atomic mass is 10.1. The van der Waals surface area contributed by atoms with Crippen LogP contribution in [0.1, 0.15) is 30.9 Å². The van der Waals surface area contributed by atoms with E-state index < -0.39 is 0 Å². The van der Waals surface area contributed by atoms with E-state index in [1.165, 1.54) is 31.7 Å². The largest absolute Gasteiger partial charge is 0.304 e. The van der Waals surface area contributed by atoms with E-state index >= 15 is 0 Å². The van der Waals surface area contributed by atoms with Gasteiger partial charge in [0.15, 0.2) is 0 Å². The summed E-state index contributed by atoms with van der Waals surface area (Å²) in [5, 5.41) is 0. The van der Waals surface area contributed by atoms with Crippen molar-refractivity contribution >= 4 is 0 Å². The van der Waals surface area contributed by atoms with Crippen molar-refractivity contribution in [1.29, 1.82) is 0 Å². The Morgan fingerprint density at radius 3 is 2.68 bits per heavy atom. The van der Waals surface area contributed by atoms with E-state index in [0.29, 0.717) is 0 Å². The fourth-order valence-corrected chi connectivity index (χ4v) is 2.30. The van der Waals surface area contributed by atoms with Crippen molar-refractivity contribution in [1.82, 2.24) is 9.80 Å². The van der Waals surface area contributed by atoms with Crippen LogP contribution in [0.25, 0.3) is 0 Å². The minimum atomic E-state index is 0.989. The van der Waals surface area contributed by atoms with E-state index in [1.807, 2.05) is 0 Å². The van der Waals surface area contributed by atoms with Gasteiger partial charge in [-0.1, -0.05) is 30.9 Å². The summed E-state index contributed by atoms with van der Waals surface area (Å²) in [5.41, 5.74) is 2.54. The number of hydrogen-bond acceptors (Lipinski definition) is 2. The molecular formula is C17H24N2. The summed E-state index contributed by atoms with van der Waals surface area (Å²) in [5.74, 6) is 6.47. The van der Waals surface area contributed by atoms with Crippen molar-refractivity contribution < 1.29 is 0 Å². The molecule has 0 amide bonds. The molecule has 1 aromatic rings. The molecule has 0 atom stereocenters. The van der Waals surface area contributed by atoms with E-state index in [4.69, 9.17) is 0 Å². The Morgan fingerprint density at radius 2 is 1.95 bits per heavy atom. The molecule has 0 aromatic heterocycles. The topological polar surface area (TPSA) is 6.48 Å². The van der Waals surface area contributed by atoms with Gasteiger partial charge in [-0.2, -0.15) is 0 Å². The van der Waals surface area contributed by atoms with Crippen LogP contribution in [0.2, 0.25) is 0 Å². The monoisotopic (exact) mass is 256 g/mol. The number of hydrogen-bond donors (Lipinski definition) is 0. The number of rotatable bonds is 3. The third-order valence-electron chi connectivity index (χ3n) is 3.54. The van der Waals surface area contributed by atoms with Crippen LogP contribution in [0.4, 0.5) is 0 Å². The van der Waals surface area contributed by atoms with Crippen molar-refractivity contribution in [3.05, 3.63) is 35.4 Å². The normalized spacial score (nSPS) is 16.9. The molecule has 0 bridgehead atoms. The molecule has 0 N–H and O–H groups in total. The molecule has 0 spiro atoms. The summed E-state index contributed by atoms with van der Waals surface area (Å²) in [6.07, 6.45) is 2.12. The van der Waals surface area contributed by atoms with Gasteiger partial charge in [-0.05, 0) is 31.2 Å². The second kappa shape index (κ2) is 7.33. The van der Waals surface area contributed by atoms with E-state index in [2.05, 4.69) is 59.9 Å². The Kier molecular flexibility index (Phi) is 5.44. The zero-order valence-electron chi connectivity index (χ0n) is 12.2. The van der Waals surface area contributed by atoms with Crippen LogP contribution in [0.5, 0.6) is 0 Å². The van der Waals surface area contributed by atoms with E-state index in [0.717, 1.165) is 24.9 Å². The van der Waals surface area contributed by atoms with Gasteiger partial charge in [0.1, 0.15) is 0 Å². The third-order valence-corrected chi connectivity index (χ3v) is 3.54. The molecule has 1 aliphatic rings. The Bertz CT molecular complexity index is 448. The minimum absolute atomic E-state index is 0.989. The highest BCUT2D eigenvalue weighted by atomic mass is 15.2. The average molecular weight is 256 g/mol. The second-order valence-corrected chi connectivity index (χ2v) is 5.33. The molecule has 0 radical (unpaired) electrons. The third kappa shape index (κ3) is 4.70. The number of nitrogens with zero attached hydrogens (tertiary/aromatic N) is 2.